The number of β-amino-alcohol motifs (C(OH)–C–C–N with tert-alkyl or cyclic N) is 1. The van der Waals surface area contributed by atoms with Gasteiger partial charge in [-0.25, -0.2) is 0 Å². The highest BCUT2D eigenvalue weighted by Crippen LogP contribution is 2.40. The highest BCUT2D eigenvalue weighted by molar-refractivity contribution is 5.30. The Bertz CT molecular complexity index is 504. The van der Waals surface area contributed by atoms with Gasteiger partial charge in [-0.05, 0) is 51.8 Å². The number of halogens is 3. The number of hydrogen-bond acceptors (Lipinski definition) is 2. The molecule has 1 N–H and O–H groups in total. The molecule has 1 fully saturated rings. The smallest absolute Gasteiger partial charge is 0.384 e. The van der Waals surface area contributed by atoms with Crippen LogP contribution in [0.25, 0.3) is 0 Å². The predicted molar refractivity (Wildman–Crippen MR) is 75.9 cm³/mol. The van der Waals surface area contributed by atoms with E-state index in [2.05, 4.69) is 25.7 Å². The summed E-state index contributed by atoms with van der Waals surface area (Å²) in [5.74, 6) is 0. The average Bonchev–Trinajstić information content (AvgIpc) is 2.65. The van der Waals surface area contributed by atoms with Gasteiger partial charge in [-0.3, -0.25) is 4.90 Å². The van der Waals surface area contributed by atoms with Gasteiger partial charge < -0.3 is 5.11 Å². The van der Waals surface area contributed by atoms with Gasteiger partial charge in [0.05, 0.1) is 5.56 Å². The van der Waals surface area contributed by atoms with Crippen molar-refractivity contribution < 1.29 is 18.3 Å². The van der Waals surface area contributed by atoms with E-state index in [0.717, 1.165) is 12.1 Å². The second-order valence-electron chi connectivity index (χ2n) is 6.96. The number of nitrogens with zero attached hydrogens (tertiary/aromatic N) is 1. The summed E-state index contributed by atoms with van der Waals surface area (Å²) in [5, 5.41) is 10.8. The molecule has 0 radical (unpaired) electrons. The average molecular weight is 301 g/mol. The van der Waals surface area contributed by atoms with Crippen LogP contribution in [0.5, 0.6) is 0 Å². The first-order valence-corrected chi connectivity index (χ1v) is 7.10. The van der Waals surface area contributed by atoms with Crippen LogP contribution >= 0.6 is 0 Å². The Kier molecular flexibility index (Phi) is 3.87. The number of benzene rings is 1. The normalized spacial score (nSPS) is 28.1. The topological polar surface area (TPSA) is 23.5 Å². The monoisotopic (exact) mass is 301 g/mol. The first kappa shape index (κ1) is 16.3. The molecule has 0 bridgehead atoms. The fraction of sp³-hybridized carbons (Fsp3) is 0.625. The van der Waals surface area contributed by atoms with Crippen LogP contribution in [-0.2, 0) is 11.8 Å². The van der Waals surface area contributed by atoms with E-state index in [4.69, 9.17) is 0 Å². The van der Waals surface area contributed by atoms with Gasteiger partial charge in [0.15, 0.2) is 0 Å². The summed E-state index contributed by atoms with van der Waals surface area (Å²) in [5.41, 5.74) is -1.31. The number of rotatable bonds is 1. The first-order chi connectivity index (χ1) is 9.43. The SMILES string of the molecule is CC1CC(O)(c2ccc(C(F)(F)F)cc2)CN1C(C)(C)C. The summed E-state index contributed by atoms with van der Waals surface area (Å²) < 4.78 is 37.8. The summed E-state index contributed by atoms with van der Waals surface area (Å²) in [6, 6.07) is 5.04. The van der Waals surface area contributed by atoms with Crippen molar-refractivity contribution in [3.05, 3.63) is 35.4 Å². The molecule has 0 saturated carbocycles. The number of alkyl halides is 3. The zero-order valence-corrected chi connectivity index (χ0v) is 12.8. The van der Waals surface area contributed by atoms with Crippen molar-refractivity contribution in [3.8, 4) is 0 Å². The van der Waals surface area contributed by atoms with Gasteiger partial charge in [0.2, 0.25) is 0 Å². The van der Waals surface area contributed by atoms with Gasteiger partial charge in [0.1, 0.15) is 5.60 Å². The molecule has 0 aliphatic carbocycles. The summed E-state index contributed by atoms with van der Waals surface area (Å²) >= 11 is 0. The van der Waals surface area contributed by atoms with Gasteiger partial charge >= 0.3 is 6.18 Å². The van der Waals surface area contributed by atoms with E-state index in [9.17, 15) is 18.3 Å². The van der Waals surface area contributed by atoms with Crippen LogP contribution in [-0.4, -0.2) is 28.1 Å². The minimum Gasteiger partial charge on any atom is -0.384 e. The number of hydrogen-bond donors (Lipinski definition) is 1. The molecule has 1 aromatic carbocycles. The van der Waals surface area contributed by atoms with Crippen molar-refractivity contribution in [2.75, 3.05) is 6.54 Å². The largest absolute Gasteiger partial charge is 0.416 e. The lowest BCUT2D eigenvalue weighted by Crippen LogP contribution is -2.44. The van der Waals surface area contributed by atoms with Crippen molar-refractivity contribution in [1.29, 1.82) is 0 Å². The molecule has 0 spiro atoms. The standard InChI is InChI=1S/C16H22F3NO/c1-11-9-15(21,10-20(11)14(2,3)4)12-5-7-13(8-6-12)16(17,18)19/h5-8,11,21H,9-10H2,1-4H3. The zero-order chi connectivity index (χ0) is 16.1. The molecule has 2 unspecified atom stereocenters. The van der Waals surface area contributed by atoms with Crippen LogP contribution in [0.1, 0.15) is 45.2 Å². The molecule has 1 aromatic rings. The Labute approximate surface area is 123 Å². The Balaban J connectivity index is 2.26. The summed E-state index contributed by atoms with van der Waals surface area (Å²) in [4.78, 5) is 2.19. The van der Waals surface area contributed by atoms with Crippen LogP contribution < -0.4 is 0 Å². The van der Waals surface area contributed by atoms with E-state index >= 15 is 0 Å². The van der Waals surface area contributed by atoms with Gasteiger partial charge in [-0.1, -0.05) is 12.1 Å². The van der Waals surface area contributed by atoms with Crippen molar-refractivity contribution in [2.45, 2.75) is 57.5 Å². The Morgan fingerprint density at radius 1 is 1.14 bits per heavy atom. The fourth-order valence-electron chi connectivity index (χ4n) is 3.18. The minimum atomic E-state index is -4.35. The molecule has 2 nitrogen and oxygen atoms in total. The van der Waals surface area contributed by atoms with E-state index in [0.29, 0.717) is 18.5 Å². The molecular weight excluding hydrogens is 279 g/mol. The van der Waals surface area contributed by atoms with Crippen molar-refractivity contribution in [1.82, 2.24) is 4.90 Å². The molecule has 5 heteroatoms. The second kappa shape index (κ2) is 4.99. The molecule has 118 valence electrons. The lowest BCUT2D eigenvalue weighted by atomic mass is 9.91. The van der Waals surface area contributed by atoms with Crippen molar-refractivity contribution >= 4 is 0 Å². The quantitative estimate of drug-likeness (QED) is 0.853. The molecule has 1 aliphatic rings. The van der Waals surface area contributed by atoms with Crippen LogP contribution in [0.15, 0.2) is 24.3 Å². The molecule has 1 aliphatic heterocycles. The van der Waals surface area contributed by atoms with E-state index < -0.39 is 17.3 Å². The van der Waals surface area contributed by atoms with Crippen LogP contribution in [0.2, 0.25) is 0 Å². The zero-order valence-electron chi connectivity index (χ0n) is 12.8. The summed E-state index contributed by atoms with van der Waals surface area (Å²) in [6.45, 7) is 8.68. The second-order valence-corrected chi connectivity index (χ2v) is 6.96. The Morgan fingerprint density at radius 2 is 1.67 bits per heavy atom. The maximum atomic E-state index is 12.6. The van der Waals surface area contributed by atoms with E-state index in [1.165, 1.54) is 12.1 Å². The first-order valence-electron chi connectivity index (χ1n) is 7.10. The fourth-order valence-corrected chi connectivity index (χ4v) is 3.18. The third-order valence-corrected chi connectivity index (χ3v) is 4.21. The molecule has 2 rings (SSSR count). The van der Waals surface area contributed by atoms with Crippen LogP contribution in [0.4, 0.5) is 13.2 Å². The maximum absolute atomic E-state index is 12.6. The van der Waals surface area contributed by atoms with E-state index in [1.807, 2.05) is 6.92 Å². The lowest BCUT2D eigenvalue weighted by Gasteiger charge is -2.36. The van der Waals surface area contributed by atoms with Gasteiger partial charge in [-0.15, -0.1) is 0 Å². The maximum Gasteiger partial charge on any atom is 0.416 e. The number of likely N-dealkylation sites (tertiary alicyclic amines) is 1. The Morgan fingerprint density at radius 3 is 2.05 bits per heavy atom. The molecule has 0 amide bonds. The van der Waals surface area contributed by atoms with Gasteiger partial charge in [0, 0.05) is 18.1 Å². The van der Waals surface area contributed by atoms with Crippen LogP contribution in [0.3, 0.4) is 0 Å². The lowest BCUT2D eigenvalue weighted by molar-refractivity contribution is -0.137. The molecule has 0 aromatic heterocycles. The highest BCUT2D eigenvalue weighted by Gasteiger charge is 2.45. The predicted octanol–water partition coefficient (Wildman–Crippen LogP) is 3.79. The molecule has 21 heavy (non-hydrogen) atoms. The number of aliphatic hydroxyl groups is 1. The van der Waals surface area contributed by atoms with Crippen LogP contribution in [0, 0.1) is 0 Å². The molecule has 1 heterocycles. The van der Waals surface area contributed by atoms with Crippen molar-refractivity contribution in [3.63, 3.8) is 0 Å². The molecule has 2 atom stereocenters. The van der Waals surface area contributed by atoms with E-state index in [-0.39, 0.29) is 11.6 Å². The third-order valence-electron chi connectivity index (χ3n) is 4.21. The van der Waals surface area contributed by atoms with Gasteiger partial charge in [0.25, 0.3) is 0 Å². The summed E-state index contributed by atoms with van der Waals surface area (Å²) in [7, 11) is 0. The third kappa shape index (κ3) is 3.24. The molecular formula is C16H22F3NO. The Hall–Kier alpha value is -1.07. The van der Waals surface area contributed by atoms with Crippen molar-refractivity contribution in [2.24, 2.45) is 0 Å². The minimum absolute atomic E-state index is 0.0875. The summed E-state index contributed by atoms with van der Waals surface area (Å²) in [6.07, 6.45) is -3.82. The van der Waals surface area contributed by atoms with E-state index in [1.54, 1.807) is 0 Å². The molecule has 1 saturated heterocycles. The van der Waals surface area contributed by atoms with Gasteiger partial charge in [-0.2, -0.15) is 13.2 Å². The highest BCUT2D eigenvalue weighted by atomic mass is 19.4.